The Hall–Kier alpha value is -0.820. The maximum Gasteiger partial charge on any atom is 0.394 e. The first-order chi connectivity index (χ1) is 19.8. The number of nitrogens with one attached hydrogen (secondary N) is 1. The predicted octanol–water partition coefficient (Wildman–Crippen LogP) is -6.92. The van der Waals surface area contributed by atoms with E-state index in [1.54, 1.807) is 7.05 Å². The monoisotopic (exact) mass is 692 g/mol. The van der Waals surface area contributed by atoms with Gasteiger partial charge >= 0.3 is 20.8 Å². The van der Waals surface area contributed by atoms with Crippen molar-refractivity contribution in [3.63, 3.8) is 0 Å². The van der Waals surface area contributed by atoms with Crippen LogP contribution in [0.2, 0.25) is 0 Å². The fourth-order valence-electron chi connectivity index (χ4n) is 4.95. The van der Waals surface area contributed by atoms with Crippen LogP contribution in [-0.2, 0) is 39.7 Å². The number of nitrogens with two attached hydrogens (primary N) is 3. The number of ether oxygens (including phenoxy) is 4. The van der Waals surface area contributed by atoms with Gasteiger partial charge in [-0.1, -0.05) is 0 Å². The summed E-state index contributed by atoms with van der Waals surface area (Å²) in [4.78, 5) is 0. The molecule has 0 bridgehead atoms. The maximum atomic E-state index is 11.1. The molecule has 24 heteroatoms. The number of likely N-dealkylation sites (N-methyl/N-ethyl adjacent to an activating group) is 1. The van der Waals surface area contributed by atoms with Crippen molar-refractivity contribution in [2.24, 2.45) is 17.2 Å². The molecule has 0 aromatic rings. The molecule has 1 saturated carbocycles. The fraction of sp³-hybridized carbons (Fsp3) is 1.00. The van der Waals surface area contributed by atoms with Gasteiger partial charge in [0.05, 0.1) is 24.8 Å². The Balaban J connectivity index is 0.000000837. The molecule has 0 spiro atoms. The maximum absolute atomic E-state index is 11.1. The van der Waals surface area contributed by atoms with Crippen molar-refractivity contribution < 1.29 is 84.6 Å². The van der Waals surface area contributed by atoms with Crippen LogP contribution >= 0.6 is 0 Å². The average molecular weight is 693 g/mol. The van der Waals surface area contributed by atoms with Crippen LogP contribution in [0.15, 0.2) is 0 Å². The van der Waals surface area contributed by atoms with Crippen LogP contribution in [0, 0.1) is 0 Å². The smallest absolute Gasteiger partial charge is 0.391 e. The molecular formula is C20H44N4O18S2. The number of aliphatic hydroxyl groups excluding tert-OH is 5. The van der Waals surface area contributed by atoms with Crippen molar-refractivity contribution in [3.05, 3.63) is 0 Å². The number of hydrogen-bond acceptors (Lipinski definition) is 18. The number of hydrogen-bond donors (Lipinski definition) is 14. The summed E-state index contributed by atoms with van der Waals surface area (Å²) in [6.07, 6.45) is -12.4. The second-order valence-corrected chi connectivity index (χ2v) is 12.5. The molecule has 1 unspecified atom stereocenters. The van der Waals surface area contributed by atoms with Crippen molar-refractivity contribution in [1.29, 1.82) is 0 Å². The molecule has 15 atom stereocenters. The molecule has 3 rings (SSSR count). The molecule has 0 amide bonds. The molecule has 3 aliphatic rings. The normalized spacial score (nSPS) is 44.0. The highest BCUT2D eigenvalue weighted by molar-refractivity contribution is 7.80. The summed E-state index contributed by atoms with van der Waals surface area (Å²) in [5.74, 6) is 0. The van der Waals surface area contributed by atoms with E-state index in [4.69, 9.17) is 71.2 Å². The summed E-state index contributed by atoms with van der Waals surface area (Å²) in [6, 6.07) is -3.47. The lowest BCUT2D eigenvalue weighted by Gasteiger charge is -2.49. The minimum atomic E-state index is -4.67. The van der Waals surface area contributed by atoms with Gasteiger partial charge < -0.3 is 72.1 Å². The summed E-state index contributed by atoms with van der Waals surface area (Å²) in [7, 11) is -7.76. The van der Waals surface area contributed by atoms with Crippen molar-refractivity contribution in [2.75, 3.05) is 13.7 Å². The van der Waals surface area contributed by atoms with Gasteiger partial charge in [0.15, 0.2) is 12.6 Å². The van der Waals surface area contributed by atoms with Gasteiger partial charge in [0.2, 0.25) is 0 Å². The molecule has 0 radical (unpaired) electrons. The van der Waals surface area contributed by atoms with Gasteiger partial charge in [-0.25, -0.2) is 0 Å². The van der Waals surface area contributed by atoms with Gasteiger partial charge in [0, 0.05) is 12.1 Å². The molecule has 1 aliphatic carbocycles. The van der Waals surface area contributed by atoms with Crippen LogP contribution < -0.4 is 22.5 Å². The second kappa shape index (κ2) is 16.3. The first-order valence-corrected chi connectivity index (χ1v) is 15.6. The molecule has 44 heavy (non-hydrogen) atoms. The second-order valence-electron chi connectivity index (χ2n) is 10.7. The quantitative estimate of drug-likeness (QED) is 0.115. The van der Waals surface area contributed by atoms with Gasteiger partial charge in [-0.3, -0.25) is 18.2 Å². The molecule has 2 saturated heterocycles. The third-order valence-corrected chi connectivity index (χ3v) is 6.95. The van der Waals surface area contributed by atoms with Crippen molar-refractivity contribution in [1.82, 2.24) is 5.32 Å². The molecule has 0 aromatic carbocycles. The topological polar surface area (TPSA) is 398 Å². The Bertz CT molecular complexity index is 1050. The minimum absolute atomic E-state index is 0.135. The lowest BCUT2D eigenvalue weighted by molar-refractivity contribution is -0.319. The van der Waals surface area contributed by atoms with E-state index in [0.717, 1.165) is 0 Å². The van der Waals surface area contributed by atoms with Crippen molar-refractivity contribution in [3.8, 4) is 0 Å². The highest BCUT2D eigenvalue weighted by Gasteiger charge is 2.52. The van der Waals surface area contributed by atoms with Crippen molar-refractivity contribution in [2.45, 2.75) is 111 Å². The third-order valence-electron chi connectivity index (χ3n) is 6.95. The van der Waals surface area contributed by atoms with Gasteiger partial charge in [-0.05, 0) is 27.3 Å². The van der Waals surface area contributed by atoms with Crippen molar-refractivity contribution >= 4 is 20.8 Å². The Morgan fingerprint density at radius 3 is 1.68 bits per heavy atom. The first kappa shape index (κ1) is 41.2. The summed E-state index contributed by atoms with van der Waals surface area (Å²) >= 11 is 0. The summed E-state index contributed by atoms with van der Waals surface area (Å²) in [5, 5.41) is 65.2. The first-order valence-electron chi connectivity index (χ1n) is 12.8. The van der Waals surface area contributed by atoms with E-state index in [-0.39, 0.29) is 13.0 Å². The van der Waals surface area contributed by atoms with E-state index in [2.05, 4.69) is 5.32 Å². The zero-order valence-corrected chi connectivity index (χ0v) is 25.4. The van der Waals surface area contributed by atoms with E-state index in [0.29, 0.717) is 0 Å². The Morgan fingerprint density at radius 1 is 0.841 bits per heavy atom. The van der Waals surface area contributed by atoms with Crippen LogP contribution in [0.25, 0.3) is 0 Å². The predicted molar refractivity (Wildman–Crippen MR) is 144 cm³/mol. The molecule has 22 nitrogen and oxygen atoms in total. The third kappa shape index (κ3) is 12.4. The molecular weight excluding hydrogens is 648 g/mol. The molecule has 3 fully saturated rings. The van der Waals surface area contributed by atoms with Crippen LogP contribution in [0.5, 0.6) is 0 Å². The standard InChI is InChI=1S/C20H40N4O10.2H2O4S/c1-6(25)14-11(27)10(26)9(23)18(32-14)33-15-7(21)4-8(22)16(12(15)28)34-19-13(29)17(24-3)20(2,30)5-31-19;2*1-5(2,3)4/h6-19,24-30H,4-5,21-23H2,1-3H3;2*(H2,1,2,3,4)/t6?,7-,8+,9+,10+,11-,12+,13-,14+,15+,16-,17-,18+,19-,20+;;/m0../s1. The molecule has 17 N–H and O–H groups in total. The van der Waals surface area contributed by atoms with E-state index in [9.17, 15) is 30.6 Å². The van der Waals surface area contributed by atoms with Gasteiger partial charge in [0.1, 0.15) is 48.3 Å². The zero-order valence-electron chi connectivity index (χ0n) is 23.8. The average Bonchev–Trinajstić information content (AvgIpc) is 2.83. The van der Waals surface area contributed by atoms with Crippen LogP contribution in [0.4, 0.5) is 0 Å². The number of rotatable bonds is 6. The largest absolute Gasteiger partial charge is 0.394 e. The Labute approximate surface area is 253 Å². The summed E-state index contributed by atoms with van der Waals surface area (Å²) in [6.45, 7) is 2.75. The van der Waals surface area contributed by atoms with E-state index in [1.165, 1.54) is 13.8 Å². The Morgan fingerprint density at radius 2 is 1.27 bits per heavy atom. The van der Waals surface area contributed by atoms with Crippen LogP contribution in [0.1, 0.15) is 20.3 Å². The highest BCUT2D eigenvalue weighted by Crippen LogP contribution is 2.32. The minimum Gasteiger partial charge on any atom is -0.391 e. The zero-order chi connectivity index (χ0) is 34.5. The summed E-state index contributed by atoms with van der Waals surface area (Å²) in [5.41, 5.74) is 17.0. The molecule has 2 heterocycles. The number of aliphatic hydroxyl groups is 6. The van der Waals surface area contributed by atoms with Crippen LogP contribution in [-0.4, -0.2) is 171 Å². The van der Waals surface area contributed by atoms with E-state index >= 15 is 0 Å². The Kier molecular flexibility index (Phi) is 15.3. The fourth-order valence-corrected chi connectivity index (χ4v) is 4.95. The van der Waals surface area contributed by atoms with Gasteiger partial charge in [-0.15, -0.1) is 0 Å². The van der Waals surface area contributed by atoms with Gasteiger partial charge in [-0.2, -0.15) is 16.8 Å². The lowest BCUT2D eigenvalue weighted by atomic mass is 9.84. The van der Waals surface area contributed by atoms with Crippen LogP contribution in [0.3, 0.4) is 0 Å². The van der Waals surface area contributed by atoms with E-state index in [1.807, 2.05) is 0 Å². The summed E-state index contributed by atoms with van der Waals surface area (Å²) < 4.78 is 85.9. The molecule has 264 valence electrons. The lowest BCUT2D eigenvalue weighted by Crippen LogP contribution is -2.69. The SMILES string of the molecule is CN[C@H]1[C@H](O)[C@H](O[C@@H]2[C@H](O)[C@H](O[C@H]3O[C@H](C(C)O)[C@@H](O)[C@H](O)[C@H]3N)[C@@H](N)C[C@H]2N)OC[C@@]1(C)O.O=S(=O)(O)O.O=S(=O)(O)O. The molecule has 2 aliphatic heterocycles. The molecule has 0 aromatic heterocycles. The van der Waals surface area contributed by atoms with E-state index < -0.39 is 112 Å². The van der Waals surface area contributed by atoms with Gasteiger partial charge in [0.25, 0.3) is 0 Å². The highest BCUT2D eigenvalue weighted by atomic mass is 32.3.